The number of ether oxygens (including phenoxy) is 1. The molecule has 0 heterocycles. The van der Waals surface area contributed by atoms with E-state index in [1.807, 2.05) is 13.8 Å². The van der Waals surface area contributed by atoms with Crippen molar-refractivity contribution in [2.75, 3.05) is 26.0 Å². The molecule has 6 nitrogen and oxygen atoms in total. The van der Waals surface area contributed by atoms with Crippen LogP contribution < -0.4 is 10.5 Å². The van der Waals surface area contributed by atoms with Crippen LogP contribution >= 0.6 is 0 Å². The van der Waals surface area contributed by atoms with Gasteiger partial charge in [-0.1, -0.05) is 13.8 Å². The van der Waals surface area contributed by atoms with Crippen LogP contribution in [0.1, 0.15) is 27.7 Å². The molecule has 0 spiro atoms. The third-order valence-electron chi connectivity index (χ3n) is 4.25. The van der Waals surface area contributed by atoms with Crippen LogP contribution in [0.2, 0.25) is 0 Å². The topological polar surface area (TPSA) is 89.7 Å². The van der Waals surface area contributed by atoms with Gasteiger partial charge in [-0.25, -0.2) is 12.8 Å². The molecule has 0 aliphatic rings. The lowest BCUT2D eigenvalue weighted by atomic mass is 9.94. The lowest BCUT2D eigenvalue weighted by Gasteiger charge is -2.31. The molecular formula is C19H29FN2O4S. The van der Waals surface area contributed by atoms with E-state index < -0.39 is 15.3 Å². The molecular weight excluding hydrogens is 371 g/mol. The lowest BCUT2D eigenvalue weighted by Crippen LogP contribution is -2.45. The second kappa shape index (κ2) is 9.32. The molecule has 0 aliphatic carbocycles. The average Bonchev–Trinajstić information content (AvgIpc) is 2.60. The monoisotopic (exact) mass is 400 g/mol. The number of hydrogen-bond donors (Lipinski definition) is 1. The molecule has 152 valence electrons. The van der Waals surface area contributed by atoms with Crippen molar-refractivity contribution in [3.05, 3.63) is 36.2 Å². The summed E-state index contributed by atoms with van der Waals surface area (Å²) < 4.78 is 43.3. The maximum Gasteiger partial charge on any atom is 0.229 e. The van der Waals surface area contributed by atoms with E-state index in [9.17, 15) is 17.6 Å². The van der Waals surface area contributed by atoms with Crippen molar-refractivity contribution in [2.24, 2.45) is 11.1 Å². The third-order valence-corrected chi connectivity index (χ3v) is 6.34. The Bertz CT molecular complexity index is 771. The van der Waals surface area contributed by atoms with Crippen LogP contribution in [0.4, 0.5) is 4.39 Å². The number of sulfone groups is 1. The molecule has 0 fully saturated rings. The number of carbonyl (C=O) groups excluding carboxylic acids is 1. The van der Waals surface area contributed by atoms with Crippen molar-refractivity contribution in [3.63, 3.8) is 0 Å². The first kappa shape index (κ1) is 23.1. The smallest absolute Gasteiger partial charge is 0.229 e. The Labute approximate surface area is 161 Å². The molecule has 0 unspecified atom stereocenters. The summed E-state index contributed by atoms with van der Waals surface area (Å²) in [6, 6.07) is 5.80. The van der Waals surface area contributed by atoms with Gasteiger partial charge < -0.3 is 15.4 Å². The third kappa shape index (κ3) is 6.32. The molecule has 0 bridgehead atoms. The van der Waals surface area contributed by atoms with Crippen LogP contribution in [0.25, 0.3) is 0 Å². The van der Waals surface area contributed by atoms with Crippen molar-refractivity contribution in [2.45, 2.75) is 38.6 Å². The number of benzene rings is 1. The Balaban J connectivity index is 2.90. The summed E-state index contributed by atoms with van der Waals surface area (Å²) >= 11 is 0. The van der Waals surface area contributed by atoms with Crippen molar-refractivity contribution in [3.8, 4) is 5.75 Å². The molecule has 0 aliphatic heterocycles. The van der Waals surface area contributed by atoms with E-state index in [1.54, 1.807) is 25.8 Å². The quantitative estimate of drug-likeness (QED) is 0.688. The first-order valence-electron chi connectivity index (χ1n) is 8.65. The minimum atomic E-state index is -3.67. The molecule has 27 heavy (non-hydrogen) atoms. The van der Waals surface area contributed by atoms with Crippen LogP contribution in [-0.4, -0.2) is 51.2 Å². The molecule has 0 radical (unpaired) electrons. The highest BCUT2D eigenvalue weighted by Gasteiger charge is 2.36. The van der Waals surface area contributed by atoms with Gasteiger partial charge in [0, 0.05) is 25.2 Å². The van der Waals surface area contributed by atoms with E-state index >= 15 is 0 Å². The molecule has 1 amide bonds. The normalized spacial score (nSPS) is 13.0. The second-order valence-corrected chi connectivity index (χ2v) is 9.37. The summed E-state index contributed by atoms with van der Waals surface area (Å²) in [6.07, 6.45) is 0.395. The Morgan fingerprint density at radius 1 is 1.30 bits per heavy atom. The predicted molar refractivity (Wildman–Crippen MR) is 104 cm³/mol. The van der Waals surface area contributed by atoms with Gasteiger partial charge in [0.1, 0.15) is 12.4 Å². The van der Waals surface area contributed by atoms with Gasteiger partial charge >= 0.3 is 0 Å². The van der Waals surface area contributed by atoms with E-state index in [2.05, 4.69) is 0 Å². The number of nitrogens with zero attached hydrogens (tertiary/aromatic N) is 1. The van der Waals surface area contributed by atoms with Gasteiger partial charge in [-0.05, 0) is 38.1 Å². The van der Waals surface area contributed by atoms with Crippen LogP contribution in [0.15, 0.2) is 41.1 Å². The number of amides is 1. The predicted octanol–water partition coefficient (Wildman–Crippen LogP) is 2.54. The maximum absolute atomic E-state index is 12.7. The zero-order valence-electron chi connectivity index (χ0n) is 16.5. The van der Waals surface area contributed by atoms with Gasteiger partial charge in [0.2, 0.25) is 5.91 Å². The summed E-state index contributed by atoms with van der Waals surface area (Å²) in [5.74, 6) is -0.136. The molecule has 1 aromatic carbocycles. The van der Waals surface area contributed by atoms with Crippen molar-refractivity contribution in [1.82, 2.24) is 4.90 Å². The van der Waals surface area contributed by atoms with E-state index in [4.69, 9.17) is 10.5 Å². The molecule has 8 heteroatoms. The van der Waals surface area contributed by atoms with Gasteiger partial charge in [-0.15, -0.1) is 0 Å². The molecule has 0 saturated heterocycles. The summed E-state index contributed by atoms with van der Waals surface area (Å²) in [5.41, 5.74) is 4.59. The first-order chi connectivity index (χ1) is 12.4. The number of rotatable bonds is 9. The average molecular weight is 401 g/mol. The van der Waals surface area contributed by atoms with E-state index in [1.165, 1.54) is 24.3 Å². The van der Waals surface area contributed by atoms with Gasteiger partial charge in [0.15, 0.2) is 9.84 Å². The fourth-order valence-corrected chi connectivity index (χ4v) is 4.18. The molecule has 0 atom stereocenters. The number of hydrogen-bond acceptors (Lipinski definition) is 5. The minimum absolute atomic E-state index is 0.0117. The summed E-state index contributed by atoms with van der Waals surface area (Å²) in [6.45, 7) is 7.02. The molecule has 2 N–H and O–H groups in total. The van der Waals surface area contributed by atoms with Gasteiger partial charge in [0.25, 0.3) is 0 Å². The van der Waals surface area contributed by atoms with Crippen molar-refractivity contribution < 1.29 is 22.3 Å². The molecule has 1 aromatic rings. The van der Waals surface area contributed by atoms with Crippen molar-refractivity contribution >= 4 is 15.7 Å². The fraction of sp³-hybridized carbons (Fsp3) is 0.526. The van der Waals surface area contributed by atoms with E-state index in [-0.39, 0.29) is 35.7 Å². The lowest BCUT2D eigenvalue weighted by molar-refractivity contribution is -0.139. The highest BCUT2D eigenvalue weighted by molar-refractivity contribution is 7.91. The Kier molecular flexibility index (Phi) is 7.98. The van der Waals surface area contributed by atoms with E-state index in [0.29, 0.717) is 17.7 Å². The largest absolute Gasteiger partial charge is 0.489 e. The van der Waals surface area contributed by atoms with Crippen LogP contribution in [0.3, 0.4) is 0 Å². The molecule has 1 rings (SSSR count). The first-order valence-corrected chi connectivity index (χ1v) is 10.3. The van der Waals surface area contributed by atoms with Gasteiger partial charge in [0.05, 0.1) is 22.4 Å². The van der Waals surface area contributed by atoms with Crippen LogP contribution in [-0.2, 0) is 14.6 Å². The highest BCUT2D eigenvalue weighted by atomic mass is 32.2. The summed E-state index contributed by atoms with van der Waals surface area (Å²) in [4.78, 5) is 14.2. The van der Waals surface area contributed by atoms with Gasteiger partial charge in [-0.3, -0.25) is 4.79 Å². The zero-order chi connectivity index (χ0) is 20.8. The number of halogens is 1. The van der Waals surface area contributed by atoms with E-state index in [0.717, 1.165) is 0 Å². The standard InChI is InChI=1S/C19H29FN2O4S/c1-14(2)22(5)18(23)19(3,4)13-27(24,25)17-8-6-16(7-9-17)26-12-15(10-20)11-21/h6-10,14H,11-13,21H2,1-5H3. The summed E-state index contributed by atoms with van der Waals surface area (Å²) in [5, 5.41) is 0. The Morgan fingerprint density at radius 3 is 2.30 bits per heavy atom. The second-order valence-electron chi connectivity index (χ2n) is 7.38. The molecule has 0 saturated carbocycles. The number of nitrogens with two attached hydrogens (primary N) is 1. The van der Waals surface area contributed by atoms with Crippen LogP contribution in [0.5, 0.6) is 5.75 Å². The summed E-state index contributed by atoms with van der Waals surface area (Å²) in [7, 11) is -2.01. The van der Waals surface area contributed by atoms with Gasteiger partial charge in [-0.2, -0.15) is 0 Å². The Hall–Kier alpha value is -1.93. The highest BCUT2D eigenvalue weighted by Crippen LogP contribution is 2.26. The molecule has 0 aromatic heterocycles. The number of carbonyl (C=O) groups is 1. The zero-order valence-corrected chi connectivity index (χ0v) is 17.3. The maximum atomic E-state index is 12.7. The van der Waals surface area contributed by atoms with Crippen LogP contribution in [0, 0.1) is 5.41 Å². The fourth-order valence-electron chi connectivity index (χ4n) is 2.39. The van der Waals surface area contributed by atoms with Crippen molar-refractivity contribution in [1.29, 1.82) is 0 Å². The minimum Gasteiger partial charge on any atom is -0.489 e. The Morgan fingerprint density at radius 2 is 1.85 bits per heavy atom. The SMILES string of the molecule is CC(C)N(C)C(=O)C(C)(C)CS(=O)(=O)c1ccc(OCC(=CF)CN)cc1.